The van der Waals surface area contributed by atoms with Crippen LogP contribution in [0.4, 0.5) is 5.69 Å². The van der Waals surface area contributed by atoms with Crippen molar-refractivity contribution in [2.75, 3.05) is 0 Å². The predicted molar refractivity (Wildman–Crippen MR) is 56.5 cm³/mol. The van der Waals surface area contributed by atoms with Gasteiger partial charge in [0.25, 0.3) is 0 Å². The van der Waals surface area contributed by atoms with Crippen LogP contribution in [0.25, 0.3) is 5.00 Å². The van der Waals surface area contributed by atoms with E-state index in [1.165, 1.54) is 23.4 Å². The standard InChI is InChI=1S/C8H8N4O3S/c1-5(13)7-2-6(12(14)15)8(16-7)11-4-9-3-10-11/h2-5,13H,1H3. The van der Waals surface area contributed by atoms with Crippen LogP contribution >= 0.6 is 11.3 Å². The van der Waals surface area contributed by atoms with E-state index in [-0.39, 0.29) is 5.69 Å². The van der Waals surface area contributed by atoms with E-state index in [0.29, 0.717) is 9.88 Å². The molecule has 2 rings (SSSR count). The van der Waals surface area contributed by atoms with Crippen LogP contribution in [0.2, 0.25) is 0 Å². The molecular weight excluding hydrogens is 232 g/mol. The molecule has 2 aromatic rings. The Kier molecular flexibility index (Phi) is 2.67. The second-order valence-electron chi connectivity index (χ2n) is 3.11. The van der Waals surface area contributed by atoms with E-state index in [4.69, 9.17) is 0 Å². The maximum atomic E-state index is 10.8. The van der Waals surface area contributed by atoms with Gasteiger partial charge in [0.05, 0.1) is 11.0 Å². The monoisotopic (exact) mass is 240 g/mol. The first-order chi connectivity index (χ1) is 7.59. The number of rotatable bonds is 3. The van der Waals surface area contributed by atoms with Crippen LogP contribution in [-0.4, -0.2) is 24.8 Å². The maximum Gasteiger partial charge on any atom is 0.306 e. The van der Waals surface area contributed by atoms with Gasteiger partial charge in [-0.1, -0.05) is 0 Å². The first-order valence-electron chi connectivity index (χ1n) is 4.40. The minimum Gasteiger partial charge on any atom is -0.388 e. The van der Waals surface area contributed by atoms with Crippen molar-refractivity contribution >= 4 is 17.0 Å². The lowest BCUT2D eigenvalue weighted by Gasteiger charge is -1.96. The van der Waals surface area contributed by atoms with E-state index >= 15 is 0 Å². The summed E-state index contributed by atoms with van der Waals surface area (Å²) in [5.41, 5.74) is -0.0774. The SMILES string of the molecule is CC(O)c1cc([N+](=O)[O-])c(-n2cncn2)s1. The van der Waals surface area contributed by atoms with Gasteiger partial charge in [0.2, 0.25) is 0 Å². The fourth-order valence-corrected chi connectivity index (χ4v) is 2.19. The normalized spacial score (nSPS) is 12.6. The third kappa shape index (κ3) is 1.79. The first-order valence-corrected chi connectivity index (χ1v) is 5.22. The van der Waals surface area contributed by atoms with E-state index in [2.05, 4.69) is 10.1 Å². The second-order valence-corrected chi connectivity index (χ2v) is 4.17. The number of hydrogen-bond donors (Lipinski definition) is 1. The minimum atomic E-state index is -0.735. The zero-order valence-corrected chi connectivity index (χ0v) is 9.09. The second kappa shape index (κ2) is 3.99. The van der Waals surface area contributed by atoms with Gasteiger partial charge in [-0.15, -0.1) is 11.3 Å². The van der Waals surface area contributed by atoms with Gasteiger partial charge in [0, 0.05) is 10.9 Å². The Hall–Kier alpha value is -1.80. The Morgan fingerprint density at radius 1 is 1.69 bits per heavy atom. The van der Waals surface area contributed by atoms with E-state index < -0.39 is 11.0 Å². The largest absolute Gasteiger partial charge is 0.388 e. The van der Waals surface area contributed by atoms with Crippen LogP contribution in [0.5, 0.6) is 0 Å². The lowest BCUT2D eigenvalue weighted by molar-refractivity contribution is -0.384. The molecule has 1 unspecified atom stereocenters. The molecule has 0 amide bonds. The van der Waals surface area contributed by atoms with Crippen molar-refractivity contribution in [3.05, 3.63) is 33.7 Å². The minimum absolute atomic E-state index is 0.0774. The van der Waals surface area contributed by atoms with Crippen LogP contribution in [0.15, 0.2) is 18.7 Å². The Labute approximate surface area is 94.1 Å². The van der Waals surface area contributed by atoms with Gasteiger partial charge >= 0.3 is 5.69 Å². The number of aliphatic hydroxyl groups excluding tert-OH is 1. The molecule has 0 fully saturated rings. The first kappa shape index (κ1) is 10.7. The number of aromatic nitrogens is 3. The van der Waals surface area contributed by atoms with Crippen molar-refractivity contribution in [1.82, 2.24) is 14.8 Å². The molecule has 0 aliphatic heterocycles. The van der Waals surface area contributed by atoms with Crippen molar-refractivity contribution in [3.8, 4) is 5.00 Å². The fraction of sp³-hybridized carbons (Fsp3) is 0.250. The molecule has 8 heteroatoms. The molecule has 0 saturated heterocycles. The smallest absolute Gasteiger partial charge is 0.306 e. The van der Waals surface area contributed by atoms with Gasteiger partial charge in [-0.2, -0.15) is 5.10 Å². The van der Waals surface area contributed by atoms with Gasteiger partial charge in [-0.3, -0.25) is 10.1 Å². The molecule has 0 spiro atoms. The van der Waals surface area contributed by atoms with E-state index in [1.807, 2.05) is 0 Å². The maximum absolute atomic E-state index is 10.8. The Morgan fingerprint density at radius 3 is 2.94 bits per heavy atom. The molecule has 0 aromatic carbocycles. The number of aliphatic hydroxyl groups is 1. The van der Waals surface area contributed by atoms with Gasteiger partial charge in [0.15, 0.2) is 5.00 Å². The highest BCUT2D eigenvalue weighted by Gasteiger charge is 2.22. The van der Waals surface area contributed by atoms with Crippen LogP contribution in [-0.2, 0) is 0 Å². The topological polar surface area (TPSA) is 94.1 Å². The highest BCUT2D eigenvalue weighted by molar-refractivity contribution is 7.15. The number of nitrogens with zero attached hydrogens (tertiary/aromatic N) is 4. The molecule has 2 aromatic heterocycles. The Bertz CT molecular complexity index is 505. The molecule has 84 valence electrons. The van der Waals surface area contributed by atoms with Crippen LogP contribution in [0.1, 0.15) is 17.9 Å². The summed E-state index contributed by atoms with van der Waals surface area (Å²) < 4.78 is 1.31. The van der Waals surface area contributed by atoms with Crippen LogP contribution < -0.4 is 0 Å². The van der Waals surface area contributed by atoms with Gasteiger partial charge in [0.1, 0.15) is 12.7 Å². The highest BCUT2D eigenvalue weighted by Crippen LogP contribution is 2.35. The molecule has 0 bridgehead atoms. The van der Waals surface area contributed by atoms with Gasteiger partial charge in [-0.05, 0) is 6.92 Å². The summed E-state index contributed by atoms with van der Waals surface area (Å²) in [7, 11) is 0. The molecule has 16 heavy (non-hydrogen) atoms. The molecule has 0 saturated carbocycles. The molecule has 2 heterocycles. The predicted octanol–water partition coefficient (Wildman–Crippen LogP) is 1.29. The van der Waals surface area contributed by atoms with E-state index in [1.54, 1.807) is 6.92 Å². The van der Waals surface area contributed by atoms with Crippen LogP contribution in [0.3, 0.4) is 0 Å². The van der Waals surface area contributed by atoms with Crippen molar-refractivity contribution in [1.29, 1.82) is 0 Å². The van der Waals surface area contributed by atoms with Crippen molar-refractivity contribution in [3.63, 3.8) is 0 Å². The molecular formula is C8H8N4O3S. The summed E-state index contributed by atoms with van der Waals surface area (Å²) in [6.07, 6.45) is 1.94. The lowest BCUT2D eigenvalue weighted by Crippen LogP contribution is -1.95. The van der Waals surface area contributed by atoms with Gasteiger partial charge < -0.3 is 5.11 Å². The molecule has 0 aliphatic rings. The highest BCUT2D eigenvalue weighted by atomic mass is 32.1. The number of hydrogen-bond acceptors (Lipinski definition) is 6. The zero-order chi connectivity index (χ0) is 11.7. The van der Waals surface area contributed by atoms with Crippen molar-refractivity contribution in [2.24, 2.45) is 0 Å². The fourth-order valence-electron chi connectivity index (χ4n) is 1.20. The average molecular weight is 240 g/mol. The summed E-state index contributed by atoms with van der Waals surface area (Å²) in [6, 6.07) is 1.35. The van der Waals surface area contributed by atoms with E-state index in [0.717, 1.165) is 11.3 Å². The molecule has 7 nitrogen and oxygen atoms in total. The van der Waals surface area contributed by atoms with Crippen LogP contribution in [0, 0.1) is 10.1 Å². The third-order valence-electron chi connectivity index (χ3n) is 1.95. The molecule has 0 aliphatic carbocycles. The molecule has 0 radical (unpaired) electrons. The Morgan fingerprint density at radius 2 is 2.44 bits per heavy atom. The number of nitro groups is 1. The number of thiophene rings is 1. The quantitative estimate of drug-likeness (QED) is 0.644. The third-order valence-corrected chi connectivity index (χ3v) is 3.23. The molecule has 1 N–H and O–H groups in total. The Balaban J connectivity index is 2.55. The summed E-state index contributed by atoms with van der Waals surface area (Å²) in [5.74, 6) is 0. The zero-order valence-electron chi connectivity index (χ0n) is 8.27. The summed E-state index contributed by atoms with van der Waals surface area (Å²) in [5, 5.41) is 24.4. The van der Waals surface area contributed by atoms with Crippen molar-refractivity contribution < 1.29 is 10.0 Å². The lowest BCUT2D eigenvalue weighted by atomic mass is 10.3. The van der Waals surface area contributed by atoms with Gasteiger partial charge in [-0.25, -0.2) is 9.67 Å². The summed E-state index contributed by atoms with van der Waals surface area (Å²) in [6.45, 7) is 1.56. The molecule has 1 atom stereocenters. The summed E-state index contributed by atoms with van der Waals surface area (Å²) >= 11 is 1.12. The van der Waals surface area contributed by atoms with E-state index in [9.17, 15) is 15.2 Å². The van der Waals surface area contributed by atoms with Crippen molar-refractivity contribution in [2.45, 2.75) is 13.0 Å². The average Bonchev–Trinajstić information content (AvgIpc) is 2.86. The summed E-state index contributed by atoms with van der Waals surface area (Å²) in [4.78, 5) is 14.6.